The monoisotopic (exact) mass is 401 g/mol. The topological polar surface area (TPSA) is 79.1 Å². The van der Waals surface area contributed by atoms with Crippen LogP contribution in [0.2, 0.25) is 0 Å². The van der Waals surface area contributed by atoms with Crippen LogP contribution in [-0.4, -0.2) is 94.0 Å². The zero-order valence-corrected chi connectivity index (χ0v) is 18.0. The van der Waals surface area contributed by atoms with Crippen molar-refractivity contribution in [3.8, 4) is 0 Å². The standard InChI is InChI=1S/C20H31N7O2/c1-14(28)25-8-9-29-16(13-25)12-24(5)15-10-26(11-15)18-7-6-17-21-22-19(20(2,3)4)27(17)23-18/h6-7,15-16H,8-13H2,1-5H3. The third-order valence-electron chi connectivity index (χ3n) is 5.80. The molecule has 2 saturated heterocycles. The molecule has 1 atom stereocenters. The molecule has 0 bridgehead atoms. The predicted octanol–water partition coefficient (Wildman–Crippen LogP) is 0.790. The molecule has 0 radical (unpaired) electrons. The van der Waals surface area contributed by atoms with Crippen molar-refractivity contribution in [3.63, 3.8) is 0 Å². The molecule has 0 N–H and O–H groups in total. The first-order chi connectivity index (χ1) is 13.7. The molecule has 9 nitrogen and oxygen atoms in total. The van der Waals surface area contributed by atoms with Crippen LogP contribution >= 0.6 is 0 Å². The van der Waals surface area contributed by atoms with Crippen molar-refractivity contribution >= 4 is 17.4 Å². The fourth-order valence-corrected chi connectivity index (χ4v) is 3.92. The molecule has 0 aliphatic carbocycles. The zero-order valence-electron chi connectivity index (χ0n) is 18.0. The number of morpholine rings is 1. The van der Waals surface area contributed by atoms with E-state index < -0.39 is 0 Å². The average molecular weight is 402 g/mol. The Hall–Kier alpha value is -2.26. The Bertz CT molecular complexity index is 885. The lowest BCUT2D eigenvalue weighted by molar-refractivity contribution is -0.137. The van der Waals surface area contributed by atoms with E-state index in [2.05, 4.69) is 47.8 Å². The van der Waals surface area contributed by atoms with Crippen molar-refractivity contribution in [2.24, 2.45) is 0 Å². The van der Waals surface area contributed by atoms with Crippen molar-refractivity contribution in [1.82, 2.24) is 29.6 Å². The lowest BCUT2D eigenvalue weighted by Gasteiger charge is -2.46. The molecule has 4 rings (SSSR count). The van der Waals surface area contributed by atoms with Gasteiger partial charge >= 0.3 is 0 Å². The molecule has 0 aromatic carbocycles. The third-order valence-corrected chi connectivity index (χ3v) is 5.80. The molecule has 0 spiro atoms. The van der Waals surface area contributed by atoms with Gasteiger partial charge in [-0.3, -0.25) is 9.69 Å². The van der Waals surface area contributed by atoms with E-state index in [-0.39, 0.29) is 17.4 Å². The van der Waals surface area contributed by atoms with E-state index in [0.29, 0.717) is 25.7 Å². The summed E-state index contributed by atoms with van der Waals surface area (Å²) in [5.41, 5.74) is 0.661. The highest BCUT2D eigenvalue weighted by Gasteiger charge is 2.34. The lowest BCUT2D eigenvalue weighted by Crippen LogP contribution is -2.61. The molecule has 29 heavy (non-hydrogen) atoms. The predicted molar refractivity (Wildman–Crippen MR) is 110 cm³/mol. The first-order valence-electron chi connectivity index (χ1n) is 10.3. The largest absolute Gasteiger partial charge is 0.373 e. The van der Waals surface area contributed by atoms with Crippen LogP contribution in [0.15, 0.2) is 12.1 Å². The molecule has 2 aliphatic rings. The summed E-state index contributed by atoms with van der Waals surface area (Å²) in [6.45, 7) is 12.6. The highest BCUT2D eigenvalue weighted by molar-refractivity contribution is 5.73. The van der Waals surface area contributed by atoms with Gasteiger partial charge in [-0.15, -0.1) is 15.3 Å². The zero-order chi connectivity index (χ0) is 20.8. The number of nitrogens with zero attached hydrogens (tertiary/aromatic N) is 7. The summed E-state index contributed by atoms with van der Waals surface area (Å²) in [7, 11) is 2.13. The number of hydrogen-bond donors (Lipinski definition) is 0. The Morgan fingerprint density at radius 1 is 1.24 bits per heavy atom. The van der Waals surface area contributed by atoms with Crippen molar-refractivity contribution in [2.45, 2.75) is 45.3 Å². The Balaban J connectivity index is 1.36. The Labute approximate surface area is 171 Å². The Morgan fingerprint density at radius 2 is 2.00 bits per heavy atom. The van der Waals surface area contributed by atoms with Crippen molar-refractivity contribution in [2.75, 3.05) is 51.3 Å². The van der Waals surface area contributed by atoms with Gasteiger partial charge in [0.15, 0.2) is 11.5 Å². The quantitative estimate of drug-likeness (QED) is 0.749. The number of likely N-dealkylation sites (N-methyl/N-ethyl adjacent to an activating group) is 1. The van der Waals surface area contributed by atoms with Gasteiger partial charge in [0.2, 0.25) is 5.91 Å². The molecule has 2 aromatic heterocycles. The van der Waals surface area contributed by atoms with Gasteiger partial charge < -0.3 is 14.5 Å². The number of hydrogen-bond acceptors (Lipinski definition) is 7. The maximum Gasteiger partial charge on any atom is 0.219 e. The summed E-state index contributed by atoms with van der Waals surface area (Å²) < 4.78 is 7.72. The lowest BCUT2D eigenvalue weighted by atomic mass is 9.96. The van der Waals surface area contributed by atoms with E-state index in [9.17, 15) is 4.79 Å². The molecule has 2 fully saturated rings. The van der Waals surface area contributed by atoms with E-state index >= 15 is 0 Å². The minimum atomic E-state index is -0.115. The second kappa shape index (κ2) is 7.53. The number of carbonyl (C=O) groups excluding carboxylic acids is 1. The van der Waals surface area contributed by atoms with Gasteiger partial charge in [0.25, 0.3) is 0 Å². The van der Waals surface area contributed by atoms with Crippen LogP contribution in [0, 0.1) is 0 Å². The number of carbonyl (C=O) groups is 1. The molecule has 4 heterocycles. The maximum absolute atomic E-state index is 11.6. The molecular weight excluding hydrogens is 370 g/mol. The van der Waals surface area contributed by atoms with Gasteiger partial charge in [-0.05, 0) is 19.2 Å². The van der Waals surface area contributed by atoms with Gasteiger partial charge in [0.05, 0.1) is 12.7 Å². The van der Waals surface area contributed by atoms with Crippen LogP contribution in [-0.2, 0) is 14.9 Å². The average Bonchev–Trinajstić information content (AvgIpc) is 3.04. The summed E-state index contributed by atoms with van der Waals surface area (Å²) in [6.07, 6.45) is 0.0764. The van der Waals surface area contributed by atoms with Crippen molar-refractivity contribution in [3.05, 3.63) is 18.0 Å². The second-order valence-electron chi connectivity index (χ2n) is 9.19. The molecule has 2 aromatic rings. The normalized spacial score (nSPS) is 21.1. The van der Waals surface area contributed by atoms with Gasteiger partial charge in [0, 0.05) is 51.1 Å². The van der Waals surface area contributed by atoms with E-state index in [1.54, 1.807) is 6.92 Å². The number of rotatable bonds is 4. The summed E-state index contributed by atoms with van der Waals surface area (Å²) in [5, 5.41) is 13.3. The summed E-state index contributed by atoms with van der Waals surface area (Å²) >= 11 is 0. The maximum atomic E-state index is 11.6. The number of amides is 1. The fourth-order valence-electron chi connectivity index (χ4n) is 3.92. The summed E-state index contributed by atoms with van der Waals surface area (Å²) in [4.78, 5) is 18.1. The number of ether oxygens (including phenoxy) is 1. The van der Waals surface area contributed by atoms with Crippen LogP contribution in [0.25, 0.3) is 5.65 Å². The number of anilines is 1. The van der Waals surface area contributed by atoms with Crippen LogP contribution in [0.1, 0.15) is 33.5 Å². The second-order valence-corrected chi connectivity index (χ2v) is 9.19. The van der Waals surface area contributed by atoms with Gasteiger partial charge in [-0.25, -0.2) is 0 Å². The van der Waals surface area contributed by atoms with Crippen LogP contribution < -0.4 is 4.90 Å². The van der Waals surface area contributed by atoms with E-state index in [4.69, 9.17) is 9.84 Å². The number of fused-ring (bicyclic) bond motifs is 1. The van der Waals surface area contributed by atoms with E-state index in [0.717, 1.165) is 36.9 Å². The number of aromatic nitrogens is 4. The molecule has 1 unspecified atom stereocenters. The molecule has 9 heteroatoms. The smallest absolute Gasteiger partial charge is 0.219 e. The molecule has 2 aliphatic heterocycles. The highest BCUT2D eigenvalue weighted by Crippen LogP contribution is 2.25. The highest BCUT2D eigenvalue weighted by atomic mass is 16.5. The Kier molecular flexibility index (Phi) is 5.20. The van der Waals surface area contributed by atoms with Crippen molar-refractivity contribution < 1.29 is 9.53 Å². The van der Waals surface area contributed by atoms with Crippen molar-refractivity contribution in [1.29, 1.82) is 0 Å². The SMILES string of the molecule is CC(=O)N1CCOC(CN(C)C2CN(c3ccc4nnc(C(C)(C)C)n4n3)C2)C1. The summed E-state index contributed by atoms with van der Waals surface area (Å²) in [6, 6.07) is 4.45. The van der Waals surface area contributed by atoms with Gasteiger partial charge in [-0.2, -0.15) is 4.52 Å². The fraction of sp³-hybridized carbons (Fsp3) is 0.700. The Morgan fingerprint density at radius 3 is 2.69 bits per heavy atom. The third kappa shape index (κ3) is 4.06. The molecule has 1 amide bonds. The van der Waals surface area contributed by atoms with Gasteiger partial charge in [0.1, 0.15) is 5.82 Å². The van der Waals surface area contributed by atoms with Crippen LogP contribution in [0.4, 0.5) is 5.82 Å². The molecule has 0 saturated carbocycles. The summed E-state index contributed by atoms with van der Waals surface area (Å²) in [5.74, 6) is 1.94. The first-order valence-corrected chi connectivity index (χ1v) is 10.3. The first kappa shape index (κ1) is 20.0. The van der Waals surface area contributed by atoms with Crippen LogP contribution in [0.3, 0.4) is 0 Å². The molecule has 158 valence electrons. The minimum absolute atomic E-state index is 0.0764. The van der Waals surface area contributed by atoms with E-state index in [1.807, 2.05) is 21.5 Å². The minimum Gasteiger partial charge on any atom is -0.373 e. The van der Waals surface area contributed by atoms with Crippen LogP contribution in [0.5, 0.6) is 0 Å². The molecular formula is C20H31N7O2. The van der Waals surface area contributed by atoms with Gasteiger partial charge in [-0.1, -0.05) is 20.8 Å². The van der Waals surface area contributed by atoms with E-state index in [1.165, 1.54) is 0 Å².